The second kappa shape index (κ2) is 4.81. The fourth-order valence-electron chi connectivity index (χ4n) is 2.21. The van der Waals surface area contributed by atoms with Crippen LogP contribution in [0.25, 0.3) is 10.9 Å². The monoisotopic (exact) mass is 265 g/mol. The molecular weight excluding hydrogens is 250 g/mol. The van der Waals surface area contributed by atoms with Gasteiger partial charge in [0.05, 0.1) is 11.4 Å². The van der Waals surface area contributed by atoms with Crippen molar-refractivity contribution >= 4 is 22.5 Å². The van der Waals surface area contributed by atoms with E-state index in [9.17, 15) is 4.79 Å². The maximum absolute atomic E-state index is 12.3. The van der Waals surface area contributed by atoms with Crippen LogP contribution in [0.4, 0.5) is 5.69 Å². The molecule has 0 unspecified atom stereocenters. The van der Waals surface area contributed by atoms with Crippen molar-refractivity contribution in [2.45, 2.75) is 13.8 Å². The molecule has 0 saturated heterocycles. The summed E-state index contributed by atoms with van der Waals surface area (Å²) in [5, 5.41) is 3.92. The molecule has 0 aliphatic rings. The molecule has 2 heterocycles. The standard InChI is InChI=1S/C16H15N3O/c1-10-3-5-14(11(2)18-10)19-16(20)13-4-6-15-12(9-13)7-8-17-15/h3-9,17H,1-2H3,(H,19,20). The minimum atomic E-state index is -0.123. The SMILES string of the molecule is Cc1ccc(NC(=O)c2ccc3[nH]ccc3c2)c(C)n1. The Balaban J connectivity index is 1.88. The number of fused-ring (bicyclic) bond motifs is 1. The first-order chi connectivity index (χ1) is 9.63. The van der Waals surface area contributed by atoms with Crippen molar-refractivity contribution in [3.8, 4) is 0 Å². The van der Waals surface area contributed by atoms with Crippen LogP contribution >= 0.6 is 0 Å². The Morgan fingerprint density at radius 2 is 2.00 bits per heavy atom. The van der Waals surface area contributed by atoms with Crippen LogP contribution in [-0.2, 0) is 0 Å². The van der Waals surface area contributed by atoms with Gasteiger partial charge in [0.1, 0.15) is 0 Å². The van der Waals surface area contributed by atoms with Crippen LogP contribution in [0.3, 0.4) is 0 Å². The highest BCUT2D eigenvalue weighted by Crippen LogP contribution is 2.17. The summed E-state index contributed by atoms with van der Waals surface area (Å²) in [6.07, 6.45) is 1.86. The van der Waals surface area contributed by atoms with Gasteiger partial charge in [0.2, 0.25) is 0 Å². The highest BCUT2D eigenvalue weighted by Gasteiger charge is 2.09. The second-order valence-corrected chi connectivity index (χ2v) is 4.82. The number of nitrogens with one attached hydrogen (secondary N) is 2. The number of aromatic amines is 1. The number of H-pyrrole nitrogens is 1. The normalized spacial score (nSPS) is 10.7. The molecule has 2 aromatic heterocycles. The molecule has 3 rings (SSSR count). The lowest BCUT2D eigenvalue weighted by Gasteiger charge is -2.08. The number of aromatic nitrogens is 2. The number of rotatable bonds is 2. The Hall–Kier alpha value is -2.62. The average Bonchev–Trinajstić information content (AvgIpc) is 2.89. The number of aryl methyl sites for hydroxylation is 2. The zero-order chi connectivity index (χ0) is 14.1. The molecule has 3 aromatic rings. The summed E-state index contributed by atoms with van der Waals surface area (Å²) >= 11 is 0. The summed E-state index contributed by atoms with van der Waals surface area (Å²) in [6, 6.07) is 11.3. The molecule has 0 radical (unpaired) electrons. The van der Waals surface area contributed by atoms with E-state index in [1.807, 2.05) is 56.4 Å². The van der Waals surface area contributed by atoms with E-state index in [1.165, 1.54) is 0 Å². The van der Waals surface area contributed by atoms with Crippen molar-refractivity contribution in [2.75, 3.05) is 5.32 Å². The molecule has 100 valence electrons. The number of nitrogens with zero attached hydrogens (tertiary/aromatic N) is 1. The number of carbonyl (C=O) groups excluding carboxylic acids is 1. The van der Waals surface area contributed by atoms with Crippen LogP contribution in [-0.4, -0.2) is 15.9 Å². The number of benzene rings is 1. The number of anilines is 1. The lowest BCUT2D eigenvalue weighted by atomic mass is 10.1. The first-order valence-corrected chi connectivity index (χ1v) is 6.46. The fourth-order valence-corrected chi connectivity index (χ4v) is 2.21. The highest BCUT2D eigenvalue weighted by molar-refractivity contribution is 6.06. The van der Waals surface area contributed by atoms with E-state index in [1.54, 1.807) is 0 Å². The van der Waals surface area contributed by atoms with Gasteiger partial charge in [-0.05, 0) is 50.2 Å². The van der Waals surface area contributed by atoms with E-state index >= 15 is 0 Å². The van der Waals surface area contributed by atoms with Gasteiger partial charge in [-0.2, -0.15) is 0 Å². The van der Waals surface area contributed by atoms with Gasteiger partial charge in [-0.25, -0.2) is 0 Å². The number of hydrogen-bond donors (Lipinski definition) is 2. The largest absolute Gasteiger partial charge is 0.361 e. The molecule has 1 aromatic carbocycles. The minimum Gasteiger partial charge on any atom is -0.361 e. The van der Waals surface area contributed by atoms with Gasteiger partial charge in [-0.3, -0.25) is 9.78 Å². The third-order valence-electron chi connectivity index (χ3n) is 3.29. The third-order valence-corrected chi connectivity index (χ3v) is 3.29. The van der Waals surface area contributed by atoms with Gasteiger partial charge in [0, 0.05) is 28.4 Å². The van der Waals surface area contributed by atoms with Crippen molar-refractivity contribution < 1.29 is 4.79 Å². The van der Waals surface area contributed by atoms with Gasteiger partial charge < -0.3 is 10.3 Å². The molecule has 0 aliphatic heterocycles. The number of carbonyl (C=O) groups is 1. The number of pyridine rings is 1. The van der Waals surface area contributed by atoms with E-state index in [0.29, 0.717) is 5.56 Å². The van der Waals surface area contributed by atoms with Gasteiger partial charge in [-0.1, -0.05) is 0 Å². The molecule has 2 N–H and O–H groups in total. The Labute approximate surface area is 116 Å². The molecule has 0 aliphatic carbocycles. The Bertz CT molecular complexity index is 789. The smallest absolute Gasteiger partial charge is 0.255 e. The van der Waals surface area contributed by atoms with Crippen molar-refractivity contribution in [3.63, 3.8) is 0 Å². The Kier molecular flexibility index (Phi) is 2.99. The van der Waals surface area contributed by atoms with Crippen LogP contribution in [0.1, 0.15) is 21.7 Å². The average molecular weight is 265 g/mol. The summed E-state index contributed by atoms with van der Waals surface area (Å²) in [5.74, 6) is -0.123. The molecule has 0 bridgehead atoms. The Morgan fingerprint density at radius 1 is 1.15 bits per heavy atom. The molecule has 0 fully saturated rings. The zero-order valence-corrected chi connectivity index (χ0v) is 11.4. The minimum absolute atomic E-state index is 0.123. The summed E-state index contributed by atoms with van der Waals surface area (Å²) in [5.41, 5.74) is 4.16. The van der Waals surface area contributed by atoms with Gasteiger partial charge in [-0.15, -0.1) is 0 Å². The first-order valence-electron chi connectivity index (χ1n) is 6.46. The van der Waals surface area contributed by atoms with E-state index in [2.05, 4.69) is 15.3 Å². The van der Waals surface area contributed by atoms with Crippen LogP contribution in [0.2, 0.25) is 0 Å². The second-order valence-electron chi connectivity index (χ2n) is 4.82. The summed E-state index contributed by atoms with van der Waals surface area (Å²) < 4.78 is 0. The van der Waals surface area contributed by atoms with Crippen molar-refractivity contribution in [2.24, 2.45) is 0 Å². The van der Waals surface area contributed by atoms with Crippen LogP contribution in [0.5, 0.6) is 0 Å². The molecule has 20 heavy (non-hydrogen) atoms. The molecule has 1 amide bonds. The van der Waals surface area contributed by atoms with E-state index < -0.39 is 0 Å². The van der Waals surface area contributed by atoms with Crippen LogP contribution < -0.4 is 5.32 Å². The lowest BCUT2D eigenvalue weighted by molar-refractivity contribution is 0.102. The van der Waals surface area contributed by atoms with Crippen molar-refractivity contribution in [1.82, 2.24) is 9.97 Å². The van der Waals surface area contributed by atoms with E-state index in [-0.39, 0.29) is 5.91 Å². The zero-order valence-electron chi connectivity index (χ0n) is 11.4. The molecule has 0 saturated carbocycles. The molecule has 4 heteroatoms. The van der Waals surface area contributed by atoms with E-state index in [0.717, 1.165) is 28.0 Å². The predicted molar refractivity (Wildman–Crippen MR) is 80.0 cm³/mol. The predicted octanol–water partition coefficient (Wildman–Crippen LogP) is 3.43. The lowest BCUT2D eigenvalue weighted by Crippen LogP contribution is -2.13. The molecule has 4 nitrogen and oxygen atoms in total. The summed E-state index contributed by atoms with van der Waals surface area (Å²) in [6.45, 7) is 3.82. The summed E-state index contributed by atoms with van der Waals surface area (Å²) in [7, 11) is 0. The van der Waals surface area contributed by atoms with Gasteiger partial charge in [0.15, 0.2) is 0 Å². The summed E-state index contributed by atoms with van der Waals surface area (Å²) in [4.78, 5) is 19.7. The topological polar surface area (TPSA) is 57.8 Å². The Morgan fingerprint density at radius 3 is 2.80 bits per heavy atom. The number of amides is 1. The van der Waals surface area contributed by atoms with Crippen LogP contribution in [0.15, 0.2) is 42.6 Å². The third kappa shape index (κ3) is 2.28. The quantitative estimate of drug-likeness (QED) is 0.745. The first kappa shape index (κ1) is 12.4. The maximum Gasteiger partial charge on any atom is 0.255 e. The molecule has 0 atom stereocenters. The van der Waals surface area contributed by atoms with Gasteiger partial charge >= 0.3 is 0 Å². The molecule has 0 spiro atoms. The highest BCUT2D eigenvalue weighted by atomic mass is 16.1. The van der Waals surface area contributed by atoms with Gasteiger partial charge in [0.25, 0.3) is 5.91 Å². The number of hydrogen-bond acceptors (Lipinski definition) is 2. The van der Waals surface area contributed by atoms with Crippen molar-refractivity contribution in [3.05, 3.63) is 59.5 Å². The maximum atomic E-state index is 12.3. The molecular formula is C16H15N3O. The van der Waals surface area contributed by atoms with Crippen LogP contribution in [0, 0.1) is 13.8 Å². The van der Waals surface area contributed by atoms with E-state index in [4.69, 9.17) is 0 Å². The fraction of sp³-hybridized carbons (Fsp3) is 0.125. The van der Waals surface area contributed by atoms with Crippen molar-refractivity contribution in [1.29, 1.82) is 0 Å².